The van der Waals surface area contributed by atoms with Gasteiger partial charge in [0, 0.05) is 35.2 Å². The Morgan fingerprint density at radius 1 is 1.17 bits per heavy atom. The van der Waals surface area contributed by atoms with Crippen molar-refractivity contribution in [3.8, 4) is 0 Å². The molecule has 3 nitrogen and oxygen atoms in total. The minimum atomic E-state index is -0.148. The summed E-state index contributed by atoms with van der Waals surface area (Å²) >= 11 is 1.82. The van der Waals surface area contributed by atoms with Crippen LogP contribution in [0.4, 0.5) is 5.69 Å². The lowest BCUT2D eigenvalue weighted by Crippen LogP contribution is -2.27. The van der Waals surface area contributed by atoms with E-state index in [2.05, 4.69) is 67.4 Å². The van der Waals surface area contributed by atoms with Crippen LogP contribution < -0.4 is 5.32 Å². The summed E-state index contributed by atoms with van der Waals surface area (Å²) in [6.07, 6.45) is 10.9. The molecule has 4 heteroatoms. The molecule has 0 radical (unpaired) electrons. The predicted molar refractivity (Wildman–Crippen MR) is 125 cm³/mol. The quantitative estimate of drug-likeness (QED) is 0.424. The average Bonchev–Trinajstić information content (AvgIpc) is 3.24. The lowest BCUT2D eigenvalue weighted by Gasteiger charge is -2.16. The lowest BCUT2D eigenvalue weighted by atomic mass is 9.80. The second kappa shape index (κ2) is 9.08. The Kier molecular flexibility index (Phi) is 6.74. The number of nitrogens with one attached hydrogen (secondary N) is 1. The highest BCUT2D eigenvalue weighted by Crippen LogP contribution is 2.40. The van der Waals surface area contributed by atoms with Crippen molar-refractivity contribution >= 4 is 34.7 Å². The van der Waals surface area contributed by atoms with Gasteiger partial charge in [-0.05, 0) is 61.9 Å². The molecule has 0 bridgehead atoms. The molecule has 1 amide bonds. The number of allylic oxidation sites excluding steroid dienone is 1. The number of benzene rings is 1. The summed E-state index contributed by atoms with van der Waals surface area (Å²) in [4.78, 5) is 13.4. The molecule has 0 atom stereocenters. The Bertz CT molecular complexity index is 949. The van der Waals surface area contributed by atoms with Crippen LogP contribution in [0, 0.1) is 0 Å². The molecular formula is C25H33N2OS+. The van der Waals surface area contributed by atoms with Gasteiger partial charge in [0.25, 0.3) is 5.91 Å². The molecule has 1 aromatic carbocycles. The minimum Gasteiger partial charge on any atom is -0.355 e. The molecule has 2 heterocycles. The van der Waals surface area contributed by atoms with E-state index in [1.807, 2.05) is 23.5 Å². The summed E-state index contributed by atoms with van der Waals surface area (Å²) in [5.41, 5.74) is 5.63. The fourth-order valence-corrected chi connectivity index (χ4v) is 4.99. The van der Waals surface area contributed by atoms with Gasteiger partial charge in [0.1, 0.15) is 7.05 Å². The molecule has 0 saturated heterocycles. The van der Waals surface area contributed by atoms with Crippen LogP contribution >= 0.6 is 11.3 Å². The molecule has 3 rings (SSSR count). The number of unbranched alkanes of at least 4 members (excludes halogenated alkanes) is 3. The van der Waals surface area contributed by atoms with Crippen LogP contribution in [-0.2, 0) is 11.8 Å². The van der Waals surface area contributed by atoms with Crippen molar-refractivity contribution in [1.82, 2.24) is 5.32 Å². The van der Waals surface area contributed by atoms with Crippen LogP contribution in [0.3, 0.4) is 0 Å². The van der Waals surface area contributed by atoms with Gasteiger partial charge in [-0.1, -0.05) is 26.2 Å². The normalized spacial score (nSPS) is 15.2. The van der Waals surface area contributed by atoms with Crippen molar-refractivity contribution < 1.29 is 9.37 Å². The second-order valence-corrected chi connectivity index (χ2v) is 9.32. The summed E-state index contributed by atoms with van der Waals surface area (Å²) in [6.45, 7) is 6.72. The van der Waals surface area contributed by atoms with Crippen molar-refractivity contribution in [3.05, 3.63) is 57.3 Å². The Balaban J connectivity index is 1.78. The molecule has 2 aromatic rings. The van der Waals surface area contributed by atoms with Gasteiger partial charge in [0.2, 0.25) is 5.69 Å². The molecule has 1 aliphatic rings. The van der Waals surface area contributed by atoms with E-state index in [9.17, 15) is 4.79 Å². The number of thiophene rings is 1. The lowest BCUT2D eigenvalue weighted by molar-refractivity contribution is -0.401. The van der Waals surface area contributed by atoms with Crippen LogP contribution in [0.15, 0.2) is 35.7 Å². The van der Waals surface area contributed by atoms with E-state index in [4.69, 9.17) is 0 Å². The van der Waals surface area contributed by atoms with Gasteiger partial charge in [0.05, 0.1) is 5.41 Å². The number of carbonyl (C=O) groups excluding carboxylic acids is 1. The van der Waals surface area contributed by atoms with Crippen LogP contribution in [0.1, 0.15) is 72.8 Å². The van der Waals surface area contributed by atoms with Gasteiger partial charge in [-0.2, -0.15) is 4.58 Å². The maximum absolute atomic E-state index is 12.1. The molecule has 1 aromatic heterocycles. The van der Waals surface area contributed by atoms with E-state index in [-0.39, 0.29) is 11.3 Å². The molecule has 0 spiro atoms. The molecule has 29 heavy (non-hydrogen) atoms. The molecule has 0 fully saturated rings. The van der Waals surface area contributed by atoms with E-state index >= 15 is 0 Å². The zero-order valence-electron chi connectivity index (χ0n) is 18.3. The predicted octanol–water partition coefficient (Wildman–Crippen LogP) is 5.95. The maximum atomic E-state index is 12.1. The smallest absolute Gasteiger partial charge is 0.251 e. The topological polar surface area (TPSA) is 32.1 Å². The molecule has 1 aliphatic heterocycles. The van der Waals surface area contributed by atoms with E-state index in [0.29, 0.717) is 5.56 Å². The van der Waals surface area contributed by atoms with Gasteiger partial charge in [-0.15, -0.1) is 11.3 Å². The highest BCUT2D eigenvalue weighted by molar-refractivity contribution is 7.11. The fraction of sp³-hybridized carbons (Fsp3) is 0.440. The summed E-state index contributed by atoms with van der Waals surface area (Å²) in [7, 11) is 3.78. The van der Waals surface area contributed by atoms with Gasteiger partial charge >= 0.3 is 0 Å². The maximum Gasteiger partial charge on any atom is 0.251 e. The molecule has 0 saturated carbocycles. The number of hydrogen-bond donors (Lipinski definition) is 1. The Morgan fingerprint density at radius 2 is 1.97 bits per heavy atom. The number of hydrogen-bond acceptors (Lipinski definition) is 2. The third-order valence-corrected chi connectivity index (χ3v) is 6.87. The molecule has 0 unspecified atom stereocenters. The van der Waals surface area contributed by atoms with Gasteiger partial charge in [-0.25, -0.2) is 0 Å². The Hall–Kier alpha value is -2.20. The summed E-state index contributed by atoms with van der Waals surface area (Å²) in [5, 5.41) is 5.02. The minimum absolute atomic E-state index is 0.0414. The van der Waals surface area contributed by atoms with Crippen LogP contribution in [0.25, 0.3) is 6.08 Å². The van der Waals surface area contributed by atoms with Crippen LogP contribution in [0.5, 0.6) is 0 Å². The zero-order chi connectivity index (χ0) is 21.0. The SMILES string of the molecule is CCCCCCc1csc(/C=C/C2=[N+](C)c3ccc(C(=O)NC)cc3C2(C)C)c1. The average molecular weight is 410 g/mol. The second-order valence-electron chi connectivity index (χ2n) is 8.38. The summed E-state index contributed by atoms with van der Waals surface area (Å²) in [5.74, 6) is -0.0414. The number of fused-ring (bicyclic) bond motifs is 1. The summed E-state index contributed by atoms with van der Waals surface area (Å²) < 4.78 is 2.25. The van der Waals surface area contributed by atoms with Crippen molar-refractivity contribution in [2.24, 2.45) is 0 Å². The number of carbonyl (C=O) groups is 1. The van der Waals surface area contributed by atoms with Crippen molar-refractivity contribution in [2.45, 2.75) is 58.3 Å². The number of rotatable bonds is 8. The standard InChI is InChI=1S/C25H32N2OS/c1-6-7-8-9-10-18-15-20(29-17-18)12-14-23-25(2,3)21-16-19(24(28)26-4)11-13-22(21)27(23)5/h11-17H,6-10H2,1-5H3/p+1/b14-12+. The molecule has 1 N–H and O–H groups in total. The summed E-state index contributed by atoms with van der Waals surface area (Å²) in [6, 6.07) is 8.32. The Morgan fingerprint density at radius 3 is 2.69 bits per heavy atom. The highest BCUT2D eigenvalue weighted by atomic mass is 32.1. The molecule has 154 valence electrons. The first-order valence-electron chi connectivity index (χ1n) is 10.6. The third-order valence-electron chi connectivity index (χ3n) is 5.92. The van der Waals surface area contributed by atoms with Crippen molar-refractivity contribution in [1.29, 1.82) is 0 Å². The van der Waals surface area contributed by atoms with Gasteiger partial charge < -0.3 is 5.32 Å². The van der Waals surface area contributed by atoms with E-state index in [1.165, 1.54) is 59.5 Å². The van der Waals surface area contributed by atoms with Crippen molar-refractivity contribution in [3.63, 3.8) is 0 Å². The Labute approximate surface area is 179 Å². The van der Waals surface area contributed by atoms with Crippen LogP contribution in [-0.4, -0.2) is 30.3 Å². The van der Waals surface area contributed by atoms with Crippen molar-refractivity contribution in [2.75, 3.05) is 14.1 Å². The van der Waals surface area contributed by atoms with E-state index in [1.54, 1.807) is 7.05 Å². The fourth-order valence-electron chi connectivity index (χ4n) is 4.15. The third kappa shape index (κ3) is 4.53. The zero-order valence-corrected chi connectivity index (χ0v) is 19.2. The molecule has 0 aliphatic carbocycles. The van der Waals surface area contributed by atoms with E-state index in [0.717, 1.165) is 0 Å². The van der Waals surface area contributed by atoms with Gasteiger partial charge in [0.15, 0.2) is 5.71 Å². The highest BCUT2D eigenvalue weighted by Gasteiger charge is 2.43. The molecular weight excluding hydrogens is 376 g/mol. The largest absolute Gasteiger partial charge is 0.355 e. The van der Waals surface area contributed by atoms with Gasteiger partial charge in [-0.3, -0.25) is 4.79 Å². The van der Waals surface area contributed by atoms with E-state index < -0.39 is 0 Å². The monoisotopic (exact) mass is 409 g/mol. The number of aryl methyl sites for hydroxylation is 1. The number of amides is 1. The first kappa shape index (κ1) is 21.5. The first-order valence-corrected chi connectivity index (χ1v) is 11.5. The number of nitrogens with zero attached hydrogens (tertiary/aromatic N) is 1. The van der Waals surface area contributed by atoms with Crippen LogP contribution in [0.2, 0.25) is 0 Å². The first-order chi connectivity index (χ1) is 13.9.